The van der Waals surface area contributed by atoms with Gasteiger partial charge in [0.05, 0.1) is 18.4 Å². The molecule has 0 saturated heterocycles. The third-order valence-electron chi connectivity index (χ3n) is 3.89. The maximum atomic E-state index is 10.2. The smallest absolute Gasteiger partial charge is 0.135 e. The Bertz CT molecular complexity index is 703. The van der Waals surface area contributed by atoms with E-state index in [0.717, 1.165) is 29.3 Å². The Morgan fingerprint density at radius 2 is 2.36 bits per heavy atom. The normalized spacial score (nSPS) is 16.6. The van der Waals surface area contributed by atoms with Gasteiger partial charge in [0.1, 0.15) is 22.4 Å². The summed E-state index contributed by atoms with van der Waals surface area (Å²) in [7, 11) is 0. The highest BCUT2D eigenvalue weighted by Gasteiger charge is 2.32. The minimum Gasteiger partial charge on any atom is -0.510 e. The molecule has 0 unspecified atom stereocenters. The molecule has 6 heteroatoms. The van der Waals surface area contributed by atoms with E-state index in [1.165, 1.54) is 11.3 Å². The maximum absolute atomic E-state index is 10.2. The van der Waals surface area contributed by atoms with Crippen LogP contribution in [0.15, 0.2) is 34.0 Å². The average molecular weight is 317 g/mol. The lowest BCUT2D eigenvalue weighted by molar-refractivity contribution is 0.293. The number of hydrogen-bond donors (Lipinski definition) is 2. The van der Waals surface area contributed by atoms with Crippen molar-refractivity contribution in [2.75, 3.05) is 6.54 Å². The van der Waals surface area contributed by atoms with E-state index in [9.17, 15) is 5.11 Å². The van der Waals surface area contributed by atoms with Gasteiger partial charge in [0.15, 0.2) is 0 Å². The van der Waals surface area contributed by atoms with Crippen molar-refractivity contribution < 1.29 is 9.52 Å². The standard InChI is InChI=1S/C16H19N3O2S/c1-10-9-22-16(18-10)14-13(20)8-19(15(14)17)11(2)5-6-12-4-3-7-21-12/h3-4,7,9,11,17,20H,5-6,8H2,1-2H3/t11-/m0/s1. The zero-order chi connectivity index (χ0) is 15.7. The number of nitrogens with one attached hydrogen (secondary N) is 1. The molecule has 22 heavy (non-hydrogen) atoms. The number of amidine groups is 1. The lowest BCUT2D eigenvalue weighted by Crippen LogP contribution is -2.35. The fraction of sp³-hybridized carbons (Fsp3) is 0.375. The number of aryl methyl sites for hydroxylation is 2. The van der Waals surface area contributed by atoms with E-state index >= 15 is 0 Å². The van der Waals surface area contributed by atoms with E-state index in [-0.39, 0.29) is 11.8 Å². The summed E-state index contributed by atoms with van der Waals surface area (Å²) >= 11 is 1.47. The molecule has 5 nitrogen and oxygen atoms in total. The van der Waals surface area contributed by atoms with E-state index in [0.29, 0.717) is 18.0 Å². The fourth-order valence-corrected chi connectivity index (χ4v) is 3.50. The summed E-state index contributed by atoms with van der Waals surface area (Å²) in [4.78, 5) is 6.31. The van der Waals surface area contributed by atoms with Crippen LogP contribution in [0.2, 0.25) is 0 Å². The van der Waals surface area contributed by atoms with Crippen molar-refractivity contribution >= 4 is 22.7 Å². The Morgan fingerprint density at radius 1 is 1.55 bits per heavy atom. The predicted molar refractivity (Wildman–Crippen MR) is 87.3 cm³/mol. The Morgan fingerprint density at radius 3 is 3.00 bits per heavy atom. The van der Waals surface area contributed by atoms with Crippen LogP contribution in [0.3, 0.4) is 0 Å². The van der Waals surface area contributed by atoms with Gasteiger partial charge < -0.3 is 14.4 Å². The molecule has 0 aromatic carbocycles. The van der Waals surface area contributed by atoms with Crippen molar-refractivity contribution in [1.29, 1.82) is 5.41 Å². The number of aliphatic hydroxyl groups is 1. The van der Waals surface area contributed by atoms with Crippen molar-refractivity contribution in [3.8, 4) is 0 Å². The minimum absolute atomic E-state index is 0.151. The first-order valence-corrected chi connectivity index (χ1v) is 8.16. The third-order valence-corrected chi connectivity index (χ3v) is 4.86. The van der Waals surface area contributed by atoms with Crippen LogP contribution in [0.5, 0.6) is 0 Å². The molecule has 1 atom stereocenters. The molecule has 2 N–H and O–H groups in total. The first-order chi connectivity index (χ1) is 10.6. The van der Waals surface area contributed by atoms with E-state index in [4.69, 9.17) is 9.83 Å². The van der Waals surface area contributed by atoms with Crippen molar-refractivity contribution in [3.63, 3.8) is 0 Å². The van der Waals surface area contributed by atoms with Crippen LogP contribution in [0.4, 0.5) is 0 Å². The zero-order valence-corrected chi connectivity index (χ0v) is 13.5. The van der Waals surface area contributed by atoms with Crippen LogP contribution in [0.25, 0.3) is 5.57 Å². The highest BCUT2D eigenvalue weighted by atomic mass is 32.1. The van der Waals surface area contributed by atoms with Gasteiger partial charge in [-0.15, -0.1) is 11.3 Å². The molecule has 2 aromatic heterocycles. The highest BCUT2D eigenvalue weighted by molar-refractivity contribution is 7.11. The predicted octanol–water partition coefficient (Wildman–Crippen LogP) is 3.63. The number of furan rings is 1. The Balaban J connectivity index is 1.68. The topological polar surface area (TPSA) is 73.3 Å². The number of rotatable bonds is 5. The molecule has 0 aliphatic carbocycles. The molecule has 3 heterocycles. The van der Waals surface area contributed by atoms with Gasteiger partial charge in [-0.05, 0) is 32.4 Å². The van der Waals surface area contributed by atoms with Gasteiger partial charge in [-0.1, -0.05) is 0 Å². The van der Waals surface area contributed by atoms with Crippen LogP contribution in [-0.4, -0.2) is 33.4 Å². The van der Waals surface area contributed by atoms with Gasteiger partial charge in [0.2, 0.25) is 0 Å². The van der Waals surface area contributed by atoms with Gasteiger partial charge in [-0.25, -0.2) is 4.98 Å². The van der Waals surface area contributed by atoms with Crippen LogP contribution in [0.1, 0.15) is 29.8 Å². The van der Waals surface area contributed by atoms with Crippen LogP contribution >= 0.6 is 11.3 Å². The second kappa shape index (κ2) is 5.96. The van der Waals surface area contributed by atoms with Crippen LogP contribution in [0, 0.1) is 12.3 Å². The molecular formula is C16H19N3O2S. The zero-order valence-electron chi connectivity index (χ0n) is 12.7. The van der Waals surface area contributed by atoms with E-state index < -0.39 is 0 Å². The molecule has 3 rings (SSSR count). The SMILES string of the molecule is Cc1csc(C2=C(O)CN([C@@H](C)CCc3ccco3)C2=N)n1. The molecule has 0 bridgehead atoms. The number of aliphatic hydroxyl groups excluding tert-OH is 1. The molecular weight excluding hydrogens is 298 g/mol. The number of aromatic nitrogens is 1. The second-order valence-electron chi connectivity index (χ2n) is 5.56. The third kappa shape index (κ3) is 2.78. The Hall–Kier alpha value is -2.08. The summed E-state index contributed by atoms with van der Waals surface area (Å²) in [6, 6.07) is 3.99. The molecule has 1 aliphatic rings. The van der Waals surface area contributed by atoms with Crippen LogP contribution < -0.4 is 0 Å². The monoisotopic (exact) mass is 317 g/mol. The Kier molecular flexibility index (Phi) is 4.02. The van der Waals surface area contributed by atoms with Gasteiger partial charge >= 0.3 is 0 Å². The van der Waals surface area contributed by atoms with Crippen molar-refractivity contribution in [2.24, 2.45) is 0 Å². The summed E-state index contributed by atoms with van der Waals surface area (Å²) in [5.74, 6) is 1.55. The molecule has 2 aromatic rings. The largest absolute Gasteiger partial charge is 0.510 e. The summed E-state index contributed by atoms with van der Waals surface area (Å²) in [6.45, 7) is 4.37. The van der Waals surface area contributed by atoms with Crippen molar-refractivity contribution in [3.05, 3.63) is 46.0 Å². The lowest BCUT2D eigenvalue weighted by atomic mass is 10.1. The molecule has 0 radical (unpaired) electrons. The second-order valence-corrected chi connectivity index (χ2v) is 6.42. The van der Waals surface area contributed by atoms with Crippen molar-refractivity contribution in [2.45, 2.75) is 32.7 Å². The fourth-order valence-electron chi connectivity index (χ4n) is 2.63. The summed E-state index contributed by atoms with van der Waals surface area (Å²) in [5, 5.41) is 21.3. The molecule has 0 amide bonds. The minimum atomic E-state index is 0.151. The maximum Gasteiger partial charge on any atom is 0.135 e. The lowest BCUT2D eigenvalue weighted by Gasteiger charge is -2.26. The van der Waals surface area contributed by atoms with Gasteiger partial charge in [-0.2, -0.15) is 0 Å². The average Bonchev–Trinajstić information content (AvgIpc) is 3.18. The molecule has 0 saturated carbocycles. The molecule has 0 fully saturated rings. The molecule has 0 spiro atoms. The Labute approximate surface area is 133 Å². The summed E-state index contributed by atoms with van der Waals surface area (Å²) < 4.78 is 5.35. The van der Waals surface area contributed by atoms with Gasteiger partial charge in [0.25, 0.3) is 0 Å². The van der Waals surface area contributed by atoms with E-state index in [2.05, 4.69) is 11.9 Å². The van der Waals surface area contributed by atoms with Gasteiger partial charge in [-0.3, -0.25) is 5.41 Å². The van der Waals surface area contributed by atoms with Crippen LogP contribution in [-0.2, 0) is 6.42 Å². The molecule has 116 valence electrons. The summed E-state index contributed by atoms with van der Waals surface area (Å²) in [5.41, 5.74) is 1.49. The van der Waals surface area contributed by atoms with Gasteiger partial charge in [0, 0.05) is 23.5 Å². The number of nitrogens with zero attached hydrogens (tertiary/aromatic N) is 2. The number of hydrogen-bond acceptors (Lipinski definition) is 5. The quantitative estimate of drug-likeness (QED) is 0.883. The first-order valence-electron chi connectivity index (χ1n) is 7.29. The highest BCUT2D eigenvalue weighted by Crippen LogP contribution is 2.31. The molecule has 1 aliphatic heterocycles. The first kappa shape index (κ1) is 14.8. The van der Waals surface area contributed by atoms with Crippen molar-refractivity contribution in [1.82, 2.24) is 9.88 Å². The number of thiazole rings is 1. The van der Waals surface area contributed by atoms with E-state index in [1.54, 1.807) is 6.26 Å². The summed E-state index contributed by atoms with van der Waals surface area (Å²) in [6.07, 6.45) is 3.37. The van der Waals surface area contributed by atoms with E-state index in [1.807, 2.05) is 29.3 Å².